The first kappa shape index (κ1) is 10.7. The summed E-state index contributed by atoms with van der Waals surface area (Å²) in [5.41, 5.74) is 1.08. The lowest BCUT2D eigenvalue weighted by molar-refractivity contribution is -0.141. The average molecular weight is 197 g/mol. The number of esters is 1. The van der Waals surface area contributed by atoms with Crippen LogP contribution >= 0.6 is 0 Å². The second-order valence-electron chi connectivity index (χ2n) is 3.27. The van der Waals surface area contributed by atoms with Crippen LogP contribution in [0, 0.1) is 0 Å². The Morgan fingerprint density at radius 3 is 2.93 bits per heavy atom. The van der Waals surface area contributed by atoms with Crippen molar-refractivity contribution in [3.05, 3.63) is 18.0 Å². The van der Waals surface area contributed by atoms with E-state index in [1.165, 1.54) is 7.11 Å². The monoisotopic (exact) mass is 197 g/mol. The lowest BCUT2D eigenvalue weighted by Crippen LogP contribution is -2.26. The van der Waals surface area contributed by atoms with Gasteiger partial charge < -0.3 is 4.74 Å². The number of carbonyl (C=O) groups is 1. The van der Waals surface area contributed by atoms with E-state index in [1.807, 2.05) is 25.2 Å². The van der Waals surface area contributed by atoms with Gasteiger partial charge in [-0.1, -0.05) is 0 Å². The highest BCUT2D eigenvalue weighted by atomic mass is 16.5. The van der Waals surface area contributed by atoms with Gasteiger partial charge in [-0.3, -0.25) is 14.4 Å². The van der Waals surface area contributed by atoms with E-state index < -0.39 is 0 Å². The molecule has 78 valence electrons. The van der Waals surface area contributed by atoms with E-state index in [0.29, 0.717) is 13.1 Å². The molecule has 0 aliphatic rings. The SMILES string of the molecule is COC(=O)CN(C)Cc1cnn(C)c1. The van der Waals surface area contributed by atoms with Crippen molar-refractivity contribution in [2.45, 2.75) is 6.54 Å². The molecule has 0 amide bonds. The molecule has 1 aromatic heterocycles. The van der Waals surface area contributed by atoms with Crippen LogP contribution in [-0.2, 0) is 23.1 Å². The lowest BCUT2D eigenvalue weighted by Gasteiger charge is -2.13. The van der Waals surface area contributed by atoms with Crippen molar-refractivity contribution in [1.82, 2.24) is 14.7 Å². The molecule has 5 nitrogen and oxygen atoms in total. The van der Waals surface area contributed by atoms with Crippen molar-refractivity contribution in [1.29, 1.82) is 0 Å². The van der Waals surface area contributed by atoms with Crippen LogP contribution in [0.1, 0.15) is 5.56 Å². The number of ether oxygens (including phenoxy) is 1. The van der Waals surface area contributed by atoms with Gasteiger partial charge in [0.15, 0.2) is 0 Å². The fourth-order valence-corrected chi connectivity index (χ4v) is 1.21. The number of hydrogen-bond acceptors (Lipinski definition) is 4. The minimum Gasteiger partial charge on any atom is -0.468 e. The van der Waals surface area contributed by atoms with E-state index in [2.05, 4.69) is 9.84 Å². The predicted molar refractivity (Wildman–Crippen MR) is 51.6 cm³/mol. The van der Waals surface area contributed by atoms with Gasteiger partial charge in [0.05, 0.1) is 19.9 Å². The molecule has 0 aromatic carbocycles. The zero-order chi connectivity index (χ0) is 10.6. The molecule has 0 radical (unpaired) electrons. The normalized spacial score (nSPS) is 10.6. The largest absolute Gasteiger partial charge is 0.468 e. The van der Waals surface area contributed by atoms with Crippen LogP contribution < -0.4 is 0 Å². The summed E-state index contributed by atoms with van der Waals surface area (Å²) in [6.45, 7) is 0.994. The molecule has 1 aromatic rings. The van der Waals surface area contributed by atoms with E-state index in [9.17, 15) is 4.79 Å². The van der Waals surface area contributed by atoms with Gasteiger partial charge >= 0.3 is 5.97 Å². The molecule has 0 saturated carbocycles. The number of aromatic nitrogens is 2. The number of carbonyl (C=O) groups excluding carboxylic acids is 1. The molecule has 1 rings (SSSR count). The van der Waals surface area contributed by atoms with Gasteiger partial charge in [-0.15, -0.1) is 0 Å². The molecular weight excluding hydrogens is 182 g/mol. The smallest absolute Gasteiger partial charge is 0.319 e. The van der Waals surface area contributed by atoms with E-state index in [-0.39, 0.29) is 5.97 Å². The maximum absolute atomic E-state index is 10.9. The number of likely N-dealkylation sites (N-methyl/N-ethyl adjacent to an activating group) is 1. The van der Waals surface area contributed by atoms with E-state index in [1.54, 1.807) is 10.9 Å². The maximum atomic E-state index is 10.9. The summed E-state index contributed by atoms with van der Waals surface area (Å²) in [7, 11) is 5.12. The fourth-order valence-electron chi connectivity index (χ4n) is 1.21. The molecule has 14 heavy (non-hydrogen) atoms. The first-order valence-electron chi connectivity index (χ1n) is 4.34. The van der Waals surface area contributed by atoms with E-state index in [4.69, 9.17) is 0 Å². The third kappa shape index (κ3) is 3.18. The van der Waals surface area contributed by atoms with Gasteiger partial charge in [-0.2, -0.15) is 5.10 Å². The van der Waals surface area contributed by atoms with Crippen molar-refractivity contribution in [2.75, 3.05) is 20.7 Å². The average Bonchev–Trinajstić information content (AvgIpc) is 2.50. The number of aryl methyl sites for hydroxylation is 1. The Balaban J connectivity index is 2.41. The van der Waals surface area contributed by atoms with Gasteiger partial charge in [0, 0.05) is 25.4 Å². The topological polar surface area (TPSA) is 47.4 Å². The van der Waals surface area contributed by atoms with Crippen LogP contribution in [0.15, 0.2) is 12.4 Å². The van der Waals surface area contributed by atoms with Crippen molar-refractivity contribution >= 4 is 5.97 Å². The number of hydrogen-bond donors (Lipinski definition) is 0. The predicted octanol–water partition coefficient (Wildman–Crippen LogP) is 0.0249. The summed E-state index contributed by atoms with van der Waals surface area (Å²) < 4.78 is 6.30. The second kappa shape index (κ2) is 4.76. The molecule has 0 N–H and O–H groups in total. The molecule has 0 unspecified atom stereocenters. The molecule has 0 aliphatic heterocycles. The van der Waals surface area contributed by atoms with Gasteiger partial charge in [-0.25, -0.2) is 0 Å². The highest BCUT2D eigenvalue weighted by Crippen LogP contribution is 2.00. The Morgan fingerprint density at radius 1 is 1.71 bits per heavy atom. The van der Waals surface area contributed by atoms with Crippen LogP contribution in [0.5, 0.6) is 0 Å². The highest BCUT2D eigenvalue weighted by molar-refractivity contribution is 5.71. The van der Waals surface area contributed by atoms with Crippen molar-refractivity contribution in [2.24, 2.45) is 7.05 Å². The summed E-state index contributed by atoms with van der Waals surface area (Å²) in [5.74, 6) is -0.226. The molecule has 0 spiro atoms. The molecule has 0 atom stereocenters. The standard InChI is InChI=1S/C9H15N3O2/c1-11(7-9(13)14-3)5-8-4-10-12(2)6-8/h4,6H,5,7H2,1-3H3. The van der Waals surface area contributed by atoms with Crippen LogP contribution in [-0.4, -0.2) is 41.4 Å². The maximum Gasteiger partial charge on any atom is 0.319 e. The van der Waals surface area contributed by atoms with Crippen molar-refractivity contribution in [3.63, 3.8) is 0 Å². The van der Waals surface area contributed by atoms with Crippen LogP contribution in [0.3, 0.4) is 0 Å². The minimum absolute atomic E-state index is 0.226. The number of nitrogens with zero attached hydrogens (tertiary/aromatic N) is 3. The van der Waals surface area contributed by atoms with Gasteiger partial charge in [0.2, 0.25) is 0 Å². The van der Waals surface area contributed by atoms with Gasteiger partial charge in [0.1, 0.15) is 0 Å². The third-order valence-corrected chi connectivity index (χ3v) is 1.84. The van der Waals surface area contributed by atoms with Crippen LogP contribution in [0.4, 0.5) is 0 Å². The van der Waals surface area contributed by atoms with Crippen molar-refractivity contribution < 1.29 is 9.53 Å². The summed E-state index contributed by atoms with van der Waals surface area (Å²) in [4.78, 5) is 12.8. The third-order valence-electron chi connectivity index (χ3n) is 1.84. The fraction of sp³-hybridized carbons (Fsp3) is 0.556. The van der Waals surface area contributed by atoms with Crippen LogP contribution in [0.25, 0.3) is 0 Å². The van der Waals surface area contributed by atoms with Gasteiger partial charge in [-0.05, 0) is 7.05 Å². The molecule has 0 bridgehead atoms. The summed E-state index contributed by atoms with van der Waals surface area (Å²) in [6, 6.07) is 0. The van der Waals surface area contributed by atoms with E-state index in [0.717, 1.165) is 5.56 Å². The molecule has 5 heteroatoms. The van der Waals surface area contributed by atoms with E-state index >= 15 is 0 Å². The Hall–Kier alpha value is -1.36. The highest BCUT2D eigenvalue weighted by Gasteiger charge is 2.07. The van der Waals surface area contributed by atoms with Gasteiger partial charge in [0.25, 0.3) is 0 Å². The second-order valence-corrected chi connectivity index (χ2v) is 3.27. The zero-order valence-electron chi connectivity index (χ0n) is 8.73. The summed E-state index contributed by atoms with van der Waals surface area (Å²) in [6.07, 6.45) is 3.71. The Morgan fingerprint density at radius 2 is 2.43 bits per heavy atom. The Kier molecular flexibility index (Phi) is 3.64. The van der Waals surface area contributed by atoms with Crippen molar-refractivity contribution in [3.8, 4) is 0 Å². The number of methoxy groups -OCH3 is 1. The minimum atomic E-state index is -0.226. The lowest BCUT2D eigenvalue weighted by atomic mass is 10.3. The number of rotatable bonds is 4. The first-order valence-corrected chi connectivity index (χ1v) is 4.34. The zero-order valence-corrected chi connectivity index (χ0v) is 8.73. The molecule has 0 aliphatic carbocycles. The molecule has 0 saturated heterocycles. The quantitative estimate of drug-likeness (QED) is 0.639. The molecule has 1 heterocycles. The molecular formula is C9H15N3O2. The summed E-state index contributed by atoms with van der Waals surface area (Å²) in [5, 5.41) is 4.04. The Bertz CT molecular complexity index is 309. The summed E-state index contributed by atoms with van der Waals surface area (Å²) >= 11 is 0. The Labute approximate surface area is 83.3 Å². The first-order chi connectivity index (χ1) is 6.61. The van der Waals surface area contributed by atoms with Crippen LogP contribution in [0.2, 0.25) is 0 Å². The molecule has 0 fully saturated rings.